The van der Waals surface area contributed by atoms with Crippen molar-refractivity contribution >= 4 is 11.3 Å². The molecule has 1 unspecified atom stereocenters. The van der Waals surface area contributed by atoms with Crippen molar-refractivity contribution < 1.29 is 4.39 Å². The zero-order chi connectivity index (χ0) is 14.7. The second-order valence-corrected chi connectivity index (χ2v) is 5.60. The number of hydrogen-bond donors (Lipinski definition) is 1. The summed E-state index contributed by atoms with van der Waals surface area (Å²) in [7, 11) is 1.89. The molecule has 0 amide bonds. The van der Waals surface area contributed by atoms with Crippen molar-refractivity contribution in [1.29, 1.82) is 0 Å². The van der Waals surface area contributed by atoms with E-state index in [9.17, 15) is 4.39 Å². The lowest BCUT2D eigenvalue weighted by atomic mass is 10.1. The molecule has 21 heavy (non-hydrogen) atoms. The van der Waals surface area contributed by atoms with E-state index >= 15 is 0 Å². The number of aromatic nitrogens is 2. The van der Waals surface area contributed by atoms with Crippen LogP contribution in [-0.4, -0.2) is 17.2 Å². The maximum Gasteiger partial charge on any atom is 0.147 e. The van der Waals surface area contributed by atoms with Gasteiger partial charge in [-0.1, -0.05) is 53.8 Å². The zero-order valence-electron chi connectivity index (χ0n) is 11.5. The van der Waals surface area contributed by atoms with Gasteiger partial charge in [0.15, 0.2) is 0 Å². The molecule has 2 aromatic carbocycles. The number of hydrogen-bond acceptors (Lipinski definition) is 4. The fourth-order valence-corrected chi connectivity index (χ4v) is 3.15. The third-order valence-electron chi connectivity index (χ3n) is 3.18. The number of nitrogens with zero attached hydrogens (tertiary/aromatic N) is 2. The molecule has 3 aromatic rings. The Labute approximate surface area is 126 Å². The van der Waals surface area contributed by atoms with Gasteiger partial charge in [0, 0.05) is 5.56 Å². The van der Waals surface area contributed by atoms with Gasteiger partial charge < -0.3 is 5.32 Å². The Hall–Kier alpha value is -2.11. The Morgan fingerprint density at radius 3 is 2.57 bits per heavy atom. The lowest BCUT2D eigenvalue weighted by molar-refractivity contribution is 0.628. The van der Waals surface area contributed by atoms with Crippen LogP contribution in [-0.2, 0) is 0 Å². The fraction of sp³-hybridized carbons (Fsp3) is 0.125. The van der Waals surface area contributed by atoms with E-state index in [-0.39, 0.29) is 11.9 Å². The molecule has 3 rings (SSSR count). The highest BCUT2D eigenvalue weighted by molar-refractivity contribution is 7.14. The highest BCUT2D eigenvalue weighted by Gasteiger charge is 2.17. The summed E-state index contributed by atoms with van der Waals surface area (Å²) in [6.45, 7) is 0. The highest BCUT2D eigenvalue weighted by atomic mass is 32.1. The molecule has 1 heterocycles. The molecule has 0 bridgehead atoms. The van der Waals surface area contributed by atoms with Crippen LogP contribution >= 0.6 is 11.3 Å². The van der Waals surface area contributed by atoms with Crippen LogP contribution in [0.4, 0.5) is 4.39 Å². The molecular formula is C16H14FN3S. The van der Waals surface area contributed by atoms with Gasteiger partial charge >= 0.3 is 0 Å². The lowest BCUT2D eigenvalue weighted by Crippen LogP contribution is -2.17. The molecule has 1 aromatic heterocycles. The number of rotatable bonds is 4. The molecule has 0 aliphatic rings. The Bertz CT molecular complexity index is 727. The topological polar surface area (TPSA) is 37.8 Å². The van der Waals surface area contributed by atoms with E-state index in [4.69, 9.17) is 0 Å². The first-order valence-corrected chi connectivity index (χ1v) is 7.41. The largest absolute Gasteiger partial charge is 0.307 e. The molecule has 5 heteroatoms. The summed E-state index contributed by atoms with van der Waals surface area (Å²) in [6, 6.07) is 16.5. The minimum absolute atomic E-state index is 0.00832. The number of benzene rings is 2. The van der Waals surface area contributed by atoms with Crippen molar-refractivity contribution in [1.82, 2.24) is 15.5 Å². The lowest BCUT2D eigenvalue weighted by Gasteiger charge is -2.12. The zero-order valence-corrected chi connectivity index (χ0v) is 12.3. The van der Waals surface area contributed by atoms with Crippen molar-refractivity contribution in [2.45, 2.75) is 6.04 Å². The summed E-state index contributed by atoms with van der Waals surface area (Å²) < 4.78 is 13.3. The van der Waals surface area contributed by atoms with Crippen LogP contribution in [0.1, 0.15) is 16.6 Å². The van der Waals surface area contributed by atoms with Gasteiger partial charge in [0.05, 0.1) is 6.04 Å². The number of nitrogens with one attached hydrogen (secondary N) is 1. The van der Waals surface area contributed by atoms with Crippen LogP contribution in [0.5, 0.6) is 0 Å². The van der Waals surface area contributed by atoms with Crippen molar-refractivity contribution in [3.05, 3.63) is 71.0 Å². The molecule has 3 nitrogen and oxygen atoms in total. The maximum absolute atomic E-state index is 13.3. The average Bonchev–Trinajstić information content (AvgIpc) is 2.99. The van der Waals surface area contributed by atoms with E-state index in [0.29, 0.717) is 0 Å². The summed E-state index contributed by atoms with van der Waals surface area (Å²) >= 11 is 1.47. The van der Waals surface area contributed by atoms with Crippen LogP contribution in [0, 0.1) is 5.82 Å². The van der Waals surface area contributed by atoms with Gasteiger partial charge in [-0.05, 0) is 24.7 Å². The second-order valence-electron chi connectivity index (χ2n) is 4.59. The fourth-order valence-electron chi connectivity index (χ4n) is 2.17. The van der Waals surface area contributed by atoms with Crippen molar-refractivity contribution in [3.8, 4) is 10.6 Å². The minimum Gasteiger partial charge on any atom is -0.307 e. The monoisotopic (exact) mass is 299 g/mol. The van der Waals surface area contributed by atoms with Gasteiger partial charge in [-0.2, -0.15) is 0 Å². The molecule has 0 aliphatic heterocycles. The SMILES string of the molecule is CNC(c1ccccc1)c1nnc(-c2cccc(F)c2)s1. The van der Waals surface area contributed by atoms with Crippen molar-refractivity contribution in [3.63, 3.8) is 0 Å². The third kappa shape index (κ3) is 2.99. The second kappa shape index (κ2) is 6.11. The summed E-state index contributed by atoms with van der Waals surface area (Å²) in [6.07, 6.45) is 0. The van der Waals surface area contributed by atoms with E-state index in [2.05, 4.69) is 15.5 Å². The summed E-state index contributed by atoms with van der Waals surface area (Å²) in [5.74, 6) is -0.266. The van der Waals surface area contributed by atoms with E-state index in [0.717, 1.165) is 21.1 Å². The normalized spacial score (nSPS) is 12.3. The maximum atomic E-state index is 13.3. The Morgan fingerprint density at radius 2 is 1.86 bits per heavy atom. The van der Waals surface area contributed by atoms with Crippen LogP contribution < -0.4 is 5.32 Å². The predicted molar refractivity (Wildman–Crippen MR) is 82.6 cm³/mol. The summed E-state index contributed by atoms with van der Waals surface area (Å²) in [5.41, 5.74) is 1.88. The Kier molecular flexibility index (Phi) is 4.03. The van der Waals surface area contributed by atoms with Crippen LogP contribution in [0.3, 0.4) is 0 Å². The summed E-state index contributed by atoms with van der Waals surface area (Å²) in [5, 5.41) is 13.3. The standard InChI is InChI=1S/C16H14FN3S/c1-18-14(11-6-3-2-4-7-11)16-20-19-15(21-16)12-8-5-9-13(17)10-12/h2-10,14,18H,1H3. The smallest absolute Gasteiger partial charge is 0.147 e. The Balaban J connectivity index is 1.94. The highest BCUT2D eigenvalue weighted by Crippen LogP contribution is 2.30. The molecule has 106 valence electrons. The first-order valence-electron chi connectivity index (χ1n) is 6.59. The van der Waals surface area contributed by atoms with Gasteiger partial charge in [0.2, 0.25) is 0 Å². The van der Waals surface area contributed by atoms with Gasteiger partial charge in [-0.3, -0.25) is 0 Å². The quantitative estimate of drug-likeness (QED) is 0.799. The molecule has 0 aliphatic carbocycles. The first-order chi connectivity index (χ1) is 10.3. The molecule has 0 spiro atoms. The molecule has 0 radical (unpaired) electrons. The van der Waals surface area contributed by atoms with Gasteiger partial charge in [-0.15, -0.1) is 10.2 Å². The third-order valence-corrected chi connectivity index (χ3v) is 4.22. The van der Waals surface area contributed by atoms with Crippen LogP contribution in [0.2, 0.25) is 0 Å². The van der Waals surface area contributed by atoms with Gasteiger partial charge in [-0.25, -0.2) is 4.39 Å². The van der Waals surface area contributed by atoms with E-state index in [1.54, 1.807) is 6.07 Å². The molecule has 0 saturated heterocycles. The van der Waals surface area contributed by atoms with Crippen molar-refractivity contribution in [2.24, 2.45) is 0 Å². The first kappa shape index (κ1) is 13.9. The molecular weight excluding hydrogens is 285 g/mol. The molecule has 0 saturated carbocycles. The molecule has 1 N–H and O–H groups in total. The van der Waals surface area contributed by atoms with Gasteiger partial charge in [0.25, 0.3) is 0 Å². The minimum atomic E-state index is -0.266. The molecule has 1 atom stereocenters. The Morgan fingerprint density at radius 1 is 1.05 bits per heavy atom. The van der Waals surface area contributed by atoms with Crippen LogP contribution in [0.25, 0.3) is 10.6 Å². The van der Waals surface area contributed by atoms with E-state index in [1.807, 2.05) is 43.4 Å². The van der Waals surface area contributed by atoms with Gasteiger partial charge in [0.1, 0.15) is 15.8 Å². The van der Waals surface area contributed by atoms with Crippen molar-refractivity contribution in [2.75, 3.05) is 7.05 Å². The summed E-state index contributed by atoms with van der Waals surface area (Å²) in [4.78, 5) is 0. The van der Waals surface area contributed by atoms with E-state index in [1.165, 1.54) is 23.5 Å². The van der Waals surface area contributed by atoms with E-state index < -0.39 is 0 Å². The van der Waals surface area contributed by atoms with Crippen LogP contribution in [0.15, 0.2) is 54.6 Å². The predicted octanol–water partition coefficient (Wildman–Crippen LogP) is 3.65. The average molecular weight is 299 g/mol. The number of halogens is 1. The molecule has 0 fully saturated rings.